The summed E-state index contributed by atoms with van der Waals surface area (Å²) in [5.41, 5.74) is 2.69. The van der Waals surface area contributed by atoms with Crippen molar-refractivity contribution >= 4 is 16.9 Å². The van der Waals surface area contributed by atoms with E-state index in [1.165, 1.54) is 12.1 Å². The van der Waals surface area contributed by atoms with Crippen molar-refractivity contribution in [2.24, 2.45) is 0 Å². The van der Waals surface area contributed by atoms with Gasteiger partial charge in [-0.25, -0.2) is 9.37 Å². The third-order valence-corrected chi connectivity index (χ3v) is 4.11. The molecule has 5 nitrogen and oxygen atoms in total. The van der Waals surface area contributed by atoms with E-state index in [4.69, 9.17) is 4.74 Å². The van der Waals surface area contributed by atoms with Crippen LogP contribution in [0.15, 0.2) is 79.0 Å². The lowest BCUT2D eigenvalue weighted by Crippen LogP contribution is -2.23. The van der Waals surface area contributed by atoms with Crippen LogP contribution < -0.4 is 10.1 Å². The molecule has 0 saturated heterocycles. The summed E-state index contributed by atoms with van der Waals surface area (Å²) in [4.78, 5) is 20.9. The van der Waals surface area contributed by atoms with Crippen LogP contribution in [-0.2, 0) is 6.54 Å². The molecule has 6 heteroatoms. The van der Waals surface area contributed by atoms with Gasteiger partial charge in [-0.15, -0.1) is 0 Å². The van der Waals surface area contributed by atoms with Gasteiger partial charge in [0.25, 0.3) is 5.91 Å². The highest BCUT2D eigenvalue weighted by Gasteiger charge is 2.08. The Kier molecular flexibility index (Phi) is 4.93. The number of amides is 1. The number of nitrogens with zero attached hydrogens (tertiary/aromatic N) is 2. The number of rotatable bonds is 5. The van der Waals surface area contributed by atoms with Crippen molar-refractivity contribution in [3.05, 3.63) is 96.1 Å². The quantitative estimate of drug-likeness (QED) is 0.560. The summed E-state index contributed by atoms with van der Waals surface area (Å²) < 4.78 is 18.6. The minimum atomic E-state index is -0.310. The van der Waals surface area contributed by atoms with Crippen LogP contribution in [0, 0.1) is 5.82 Å². The van der Waals surface area contributed by atoms with Gasteiger partial charge in [0.05, 0.1) is 11.0 Å². The van der Waals surface area contributed by atoms with Crippen molar-refractivity contribution < 1.29 is 13.9 Å². The van der Waals surface area contributed by atoms with Crippen LogP contribution in [0.25, 0.3) is 11.0 Å². The maximum Gasteiger partial charge on any atom is 0.270 e. The van der Waals surface area contributed by atoms with Crippen LogP contribution in [0.5, 0.6) is 11.5 Å². The molecule has 1 N–H and O–H groups in total. The minimum Gasteiger partial charge on any atom is -0.457 e. The first-order valence-electron chi connectivity index (χ1n) is 8.70. The molecule has 2 aromatic heterocycles. The molecule has 0 aliphatic rings. The minimum absolute atomic E-state index is 0.252. The van der Waals surface area contributed by atoms with Gasteiger partial charge in [0.1, 0.15) is 23.0 Å². The number of aromatic nitrogens is 2. The smallest absolute Gasteiger partial charge is 0.270 e. The molecule has 4 aromatic rings. The summed E-state index contributed by atoms with van der Waals surface area (Å²) in [6, 6.07) is 20.2. The molecule has 0 saturated carbocycles. The lowest BCUT2D eigenvalue weighted by Gasteiger charge is -2.08. The molecule has 2 heterocycles. The van der Waals surface area contributed by atoms with Crippen molar-refractivity contribution in [2.75, 3.05) is 0 Å². The number of carbonyl (C=O) groups is 1. The molecule has 1 amide bonds. The lowest BCUT2D eigenvalue weighted by atomic mass is 10.2. The molecular formula is C22H16FN3O2. The summed E-state index contributed by atoms with van der Waals surface area (Å²) in [5.74, 6) is 0.623. The number of halogens is 1. The van der Waals surface area contributed by atoms with Crippen molar-refractivity contribution in [1.29, 1.82) is 0 Å². The molecule has 0 unspecified atom stereocenters. The molecule has 0 aliphatic heterocycles. The molecule has 28 heavy (non-hydrogen) atoms. The summed E-state index contributed by atoms with van der Waals surface area (Å²) in [6.07, 6.45) is 1.69. The van der Waals surface area contributed by atoms with Gasteiger partial charge in [0.2, 0.25) is 0 Å². The molecule has 0 bridgehead atoms. The lowest BCUT2D eigenvalue weighted by molar-refractivity contribution is 0.0946. The highest BCUT2D eigenvalue weighted by molar-refractivity contribution is 5.94. The fourth-order valence-electron chi connectivity index (χ4n) is 2.67. The normalized spacial score (nSPS) is 10.6. The first kappa shape index (κ1) is 17.6. The Morgan fingerprint density at radius 1 is 0.893 bits per heavy atom. The van der Waals surface area contributed by atoms with E-state index in [2.05, 4.69) is 15.3 Å². The summed E-state index contributed by atoms with van der Waals surface area (Å²) >= 11 is 0. The maximum atomic E-state index is 12.9. The first-order chi connectivity index (χ1) is 13.7. The predicted molar refractivity (Wildman–Crippen MR) is 104 cm³/mol. The summed E-state index contributed by atoms with van der Waals surface area (Å²) in [6.45, 7) is 0.364. The van der Waals surface area contributed by atoms with Gasteiger partial charge < -0.3 is 10.1 Å². The zero-order chi connectivity index (χ0) is 19.3. The van der Waals surface area contributed by atoms with Crippen molar-refractivity contribution in [2.45, 2.75) is 6.54 Å². The Bertz CT molecular complexity index is 1110. The van der Waals surface area contributed by atoms with Crippen LogP contribution in [0.3, 0.4) is 0 Å². The third kappa shape index (κ3) is 4.12. The van der Waals surface area contributed by atoms with E-state index in [0.717, 1.165) is 11.1 Å². The second kappa shape index (κ2) is 7.84. The molecule has 4 rings (SSSR count). The van der Waals surface area contributed by atoms with Crippen LogP contribution in [-0.4, -0.2) is 15.9 Å². The number of pyridine rings is 2. The Morgan fingerprint density at radius 2 is 1.61 bits per heavy atom. The number of hydrogen-bond acceptors (Lipinski definition) is 4. The molecule has 0 radical (unpaired) electrons. The zero-order valence-electron chi connectivity index (χ0n) is 14.8. The van der Waals surface area contributed by atoms with Crippen LogP contribution in [0.2, 0.25) is 0 Å². The summed E-state index contributed by atoms with van der Waals surface area (Å²) in [7, 11) is 0. The molecule has 138 valence electrons. The Balaban J connectivity index is 1.37. The molecule has 0 spiro atoms. The van der Waals surface area contributed by atoms with Gasteiger partial charge in [0.15, 0.2) is 0 Å². The SMILES string of the molecule is O=C(NCc1ccc(Oc2ccc(F)cc2)cc1)c1ccc2ncccc2n1. The van der Waals surface area contributed by atoms with E-state index in [1.807, 2.05) is 18.2 Å². The van der Waals surface area contributed by atoms with E-state index in [0.29, 0.717) is 29.3 Å². The van der Waals surface area contributed by atoms with E-state index in [1.54, 1.807) is 48.7 Å². The van der Waals surface area contributed by atoms with E-state index in [9.17, 15) is 9.18 Å². The second-order valence-electron chi connectivity index (χ2n) is 6.12. The van der Waals surface area contributed by atoms with Crippen molar-refractivity contribution in [3.8, 4) is 11.5 Å². The number of hydrogen-bond donors (Lipinski definition) is 1. The average molecular weight is 373 g/mol. The van der Waals surface area contributed by atoms with Gasteiger partial charge in [-0.05, 0) is 66.2 Å². The van der Waals surface area contributed by atoms with Gasteiger partial charge in [-0.2, -0.15) is 0 Å². The topological polar surface area (TPSA) is 64.1 Å². The van der Waals surface area contributed by atoms with Crippen LogP contribution in [0.4, 0.5) is 4.39 Å². The first-order valence-corrected chi connectivity index (χ1v) is 8.70. The number of carbonyl (C=O) groups excluding carboxylic acids is 1. The highest BCUT2D eigenvalue weighted by Crippen LogP contribution is 2.21. The van der Waals surface area contributed by atoms with Crippen molar-refractivity contribution in [3.63, 3.8) is 0 Å². The molecular weight excluding hydrogens is 357 g/mol. The number of ether oxygens (including phenoxy) is 1. The van der Waals surface area contributed by atoms with Crippen molar-refractivity contribution in [1.82, 2.24) is 15.3 Å². The largest absolute Gasteiger partial charge is 0.457 e. The fraction of sp³-hybridized carbons (Fsp3) is 0.0455. The second-order valence-corrected chi connectivity index (χ2v) is 6.12. The molecule has 2 aromatic carbocycles. The monoisotopic (exact) mass is 373 g/mol. The average Bonchev–Trinajstić information content (AvgIpc) is 2.74. The van der Waals surface area contributed by atoms with E-state index in [-0.39, 0.29) is 11.7 Å². The third-order valence-electron chi connectivity index (χ3n) is 4.11. The molecule has 0 atom stereocenters. The number of nitrogens with one attached hydrogen (secondary N) is 1. The van der Waals surface area contributed by atoms with Crippen LogP contribution in [0.1, 0.15) is 16.1 Å². The predicted octanol–water partition coefficient (Wildman–Crippen LogP) is 4.49. The number of benzene rings is 2. The van der Waals surface area contributed by atoms with E-state index >= 15 is 0 Å². The zero-order valence-corrected chi connectivity index (χ0v) is 14.8. The van der Waals surface area contributed by atoms with Crippen LogP contribution >= 0.6 is 0 Å². The molecule has 0 aliphatic carbocycles. The van der Waals surface area contributed by atoms with Gasteiger partial charge in [-0.3, -0.25) is 9.78 Å². The molecule has 0 fully saturated rings. The summed E-state index contributed by atoms with van der Waals surface area (Å²) in [5, 5.41) is 2.85. The Labute approximate surface area is 160 Å². The standard InChI is InChI=1S/C22H16FN3O2/c23-16-5-9-18(10-6-16)28-17-7-3-15(4-8-17)14-25-22(27)21-12-11-19-20(26-21)2-1-13-24-19/h1-13H,14H2,(H,25,27). The van der Waals surface area contributed by atoms with Gasteiger partial charge in [0, 0.05) is 12.7 Å². The van der Waals surface area contributed by atoms with Gasteiger partial charge >= 0.3 is 0 Å². The Morgan fingerprint density at radius 3 is 2.36 bits per heavy atom. The Hall–Kier alpha value is -3.80. The maximum absolute atomic E-state index is 12.9. The number of fused-ring (bicyclic) bond motifs is 1. The van der Waals surface area contributed by atoms with Gasteiger partial charge in [-0.1, -0.05) is 12.1 Å². The highest BCUT2D eigenvalue weighted by atomic mass is 19.1. The fourth-order valence-corrected chi connectivity index (χ4v) is 2.67. The van der Waals surface area contributed by atoms with E-state index < -0.39 is 0 Å².